The Morgan fingerprint density at radius 3 is 2.58 bits per heavy atom. The standard InChI is InChI=1S/C20H23Cl2N3S/c1-24-11-9-18(10-12-24)25(14-15-5-2-3-8-19(15)22)20(26)23-17-7-4-6-16(21)13-17/h2-8,13,18H,9-12,14H2,1H3,(H,23,26). The number of halogens is 2. The molecule has 0 aliphatic carbocycles. The van der Waals surface area contributed by atoms with Crippen LogP contribution in [0.3, 0.4) is 0 Å². The minimum atomic E-state index is 0.390. The Morgan fingerprint density at radius 2 is 1.88 bits per heavy atom. The molecule has 0 spiro atoms. The lowest BCUT2D eigenvalue weighted by atomic mass is 10.0. The summed E-state index contributed by atoms with van der Waals surface area (Å²) in [5.74, 6) is 0. The smallest absolute Gasteiger partial charge is 0.173 e. The van der Waals surface area contributed by atoms with E-state index in [0.717, 1.165) is 42.2 Å². The monoisotopic (exact) mass is 407 g/mol. The lowest BCUT2D eigenvalue weighted by molar-refractivity contribution is 0.173. The largest absolute Gasteiger partial charge is 0.342 e. The highest BCUT2D eigenvalue weighted by Crippen LogP contribution is 2.24. The fourth-order valence-corrected chi connectivity index (χ4v) is 3.96. The van der Waals surface area contributed by atoms with Gasteiger partial charge in [-0.25, -0.2) is 0 Å². The highest BCUT2D eigenvalue weighted by molar-refractivity contribution is 7.80. The number of benzene rings is 2. The van der Waals surface area contributed by atoms with Crippen molar-refractivity contribution in [3.8, 4) is 0 Å². The first-order chi connectivity index (χ1) is 12.5. The van der Waals surface area contributed by atoms with Crippen molar-refractivity contribution in [1.29, 1.82) is 0 Å². The van der Waals surface area contributed by atoms with E-state index in [2.05, 4.69) is 28.2 Å². The molecule has 138 valence electrons. The van der Waals surface area contributed by atoms with Gasteiger partial charge in [-0.05, 0) is 75.0 Å². The fraction of sp³-hybridized carbons (Fsp3) is 0.350. The van der Waals surface area contributed by atoms with Crippen molar-refractivity contribution >= 4 is 46.2 Å². The molecule has 0 atom stereocenters. The van der Waals surface area contributed by atoms with Gasteiger partial charge in [0.15, 0.2) is 5.11 Å². The predicted molar refractivity (Wildman–Crippen MR) is 115 cm³/mol. The molecule has 0 unspecified atom stereocenters. The van der Waals surface area contributed by atoms with Gasteiger partial charge in [-0.15, -0.1) is 0 Å². The average Bonchev–Trinajstić information content (AvgIpc) is 2.62. The molecule has 0 aromatic heterocycles. The number of piperidine rings is 1. The van der Waals surface area contributed by atoms with E-state index in [1.54, 1.807) is 0 Å². The summed E-state index contributed by atoms with van der Waals surface area (Å²) in [6.45, 7) is 2.84. The van der Waals surface area contributed by atoms with Gasteiger partial charge in [-0.1, -0.05) is 47.5 Å². The van der Waals surface area contributed by atoms with Gasteiger partial charge in [0, 0.05) is 28.3 Å². The lowest BCUT2D eigenvalue weighted by Gasteiger charge is -2.39. The SMILES string of the molecule is CN1CCC(N(Cc2ccccc2Cl)C(=S)Nc2cccc(Cl)c2)CC1. The third-order valence-electron chi connectivity index (χ3n) is 4.76. The van der Waals surface area contributed by atoms with Crippen LogP contribution in [0, 0.1) is 0 Å². The van der Waals surface area contributed by atoms with E-state index in [-0.39, 0.29) is 0 Å². The van der Waals surface area contributed by atoms with Crippen LogP contribution in [-0.4, -0.2) is 41.1 Å². The van der Waals surface area contributed by atoms with E-state index in [4.69, 9.17) is 35.4 Å². The molecule has 1 aliphatic rings. The van der Waals surface area contributed by atoms with Gasteiger partial charge in [-0.3, -0.25) is 0 Å². The first-order valence-corrected chi connectivity index (χ1v) is 9.94. The van der Waals surface area contributed by atoms with Crippen molar-refractivity contribution in [1.82, 2.24) is 9.80 Å². The zero-order chi connectivity index (χ0) is 18.5. The molecule has 0 saturated carbocycles. The number of likely N-dealkylation sites (tertiary alicyclic amines) is 1. The topological polar surface area (TPSA) is 18.5 Å². The summed E-state index contributed by atoms with van der Waals surface area (Å²) in [4.78, 5) is 4.63. The Kier molecular flexibility index (Phi) is 6.76. The second kappa shape index (κ2) is 9.05. The highest BCUT2D eigenvalue weighted by atomic mass is 35.5. The molecule has 3 rings (SSSR count). The lowest BCUT2D eigenvalue weighted by Crippen LogP contribution is -2.47. The molecule has 1 saturated heterocycles. The molecule has 0 bridgehead atoms. The Morgan fingerprint density at radius 1 is 1.15 bits per heavy atom. The molecule has 6 heteroatoms. The van der Waals surface area contributed by atoms with Gasteiger partial charge in [0.1, 0.15) is 0 Å². The fourth-order valence-electron chi connectivity index (χ4n) is 3.25. The molecule has 2 aromatic rings. The molecule has 0 amide bonds. The third-order valence-corrected chi connectivity index (χ3v) is 5.70. The second-order valence-electron chi connectivity index (χ2n) is 6.69. The van der Waals surface area contributed by atoms with Gasteiger partial charge in [0.2, 0.25) is 0 Å². The zero-order valence-corrected chi connectivity index (χ0v) is 17.1. The molecule has 3 nitrogen and oxygen atoms in total. The first-order valence-electron chi connectivity index (χ1n) is 8.78. The Hall–Kier alpha value is -1.33. The first kappa shape index (κ1) is 19.4. The van der Waals surface area contributed by atoms with Crippen molar-refractivity contribution in [2.75, 3.05) is 25.5 Å². The summed E-state index contributed by atoms with van der Waals surface area (Å²) >= 11 is 18.3. The molecule has 2 aromatic carbocycles. The zero-order valence-electron chi connectivity index (χ0n) is 14.8. The number of thiocarbonyl (C=S) groups is 1. The molecule has 1 N–H and O–H groups in total. The van der Waals surface area contributed by atoms with Gasteiger partial charge in [-0.2, -0.15) is 0 Å². The Labute approximate surface area is 170 Å². The summed E-state index contributed by atoms with van der Waals surface area (Å²) in [6, 6.07) is 16.0. The van der Waals surface area contributed by atoms with E-state index in [1.165, 1.54) is 0 Å². The van der Waals surface area contributed by atoms with E-state index in [1.807, 2.05) is 42.5 Å². The van der Waals surface area contributed by atoms with Crippen molar-refractivity contribution in [3.63, 3.8) is 0 Å². The molecule has 1 heterocycles. The third kappa shape index (κ3) is 5.10. The maximum Gasteiger partial charge on any atom is 0.173 e. The van der Waals surface area contributed by atoms with Crippen LogP contribution in [0.25, 0.3) is 0 Å². The van der Waals surface area contributed by atoms with Gasteiger partial charge in [0.25, 0.3) is 0 Å². The van der Waals surface area contributed by atoms with Gasteiger partial charge in [0.05, 0.1) is 0 Å². The Balaban J connectivity index is 1.79. The summed E-state index contributed by atoms with van der Waals surface area (Å²) in [5, 5.41) is 5.52. The van der Waals surface area contributed by atoms with Crippen LogP contribution in [0.5, 0.6) is 0 Å². The van der Waals surface area contributed by atoms with Crippen LogP contribution in [0.15, 0.2) is 48.5 Å². The summed E-state index contributed by atoms with van der Waals surface area (Å²) in [6.07, 6.45) is 2.16. The van der Waals surface area contributed by atoms with Crippen LogP contribution in [0.4, 0.5) is 5.69 Å². The van der Waals surface area contributed by atoms with Crippen molar-refractivity contribution in [2.24, 2.45) is 0 Å². The van der Waals surface area contributed by atoms with Crippen LogP contribution in [0.1, 0.15) is 18.4 Å². The number of rotatable bonds is 4. The summed E-state index contributed by atoms with van der Waals surface area (Å²) in [5.41, 5.74) is 1.99. The van der Waals surface area contributed by atoms with Crippen LogP contribution >= 0.6 is 35.4 Å². The number of nitrogens with zero attached hydrogens (tertiary/aromatic N) is 2. The molecule has 1 fully saturated rings. The van der Waals surface area contributed by atoms with E-state index < -0.39 is 0 Å². The van der Waals surface area contributed by atoms with E-state index >= 15 is 0 Å². The number of anilines is 1. The number of hydrogen-bond acceptors (Lipinski definition) is 2. The summed E-state index contributed by atoms with van der Waals surface area (Å²) < 4.78 is 0. The molecule has 0 radical (unpaired) electrons. The maximum atomic E-state index is 6.40. The van der Waals surface area contributed by atoms with Crippen LogP contribution in [0.2, 0.25) is 10.0 Å². The summed E-state index contributed by atoms with van der Waals surface area (Å²) in [7, 11) is 2.16. The van der Waals surface area contributed by atoms with Gasteiger partial charge < -0.3 is 15.1 Å². The highest BCUT2D eigenvalue weighted by Gasteiger charge is 2.25. The van der Waals surface area contributed by atoms with Gasteiger partial charge >= 0.3 is 0 Å². The minimum Gasteiger partial charge on any atom is -0.342 e. The molecule has 26 heavy (non-hydrogen) atoms. The van der Waals surface area contributed by atoms with Crippen molar-refractivity contribution in [2.45, 2.75) is 25.4 Å². The predicted octanol–water partition coefficient (Wildman–Crippen LogP) is 5.29. The molecular weight excluding hydrogens is 385 g/mol. The number of hydrogen-bond donors (Lipinski definition) is 1. The average molecular weight is 408 g/mol. The van der Waals surface area contributed by atoms with E-state index in [9.17, 15) is 0 Å². The maximum absolute atomic E-state index is 6.40. The van der Waals surface area contributed by atoms with Crippen LogP contribution < -0.4 is 5.32 Å². The van der Waals surface area contributed by atoms with E-state index in [0.29, 0.717) is 22.7 Å². The minimum absolute atomic E-state index is 0.390. The normalized spacial score (nSPS) is 15.7. The Bertz CT molecular complexity index is 760. The number of nitrogens with one attached hydrogen (secondary N) is 1. The van der Waals surface area contributed by atoms with Crippen molar-refractivity contribution < 1.29 is 0 Å². The van der Waals surface area contributed by atoms with Crippen LogP contribution in [-0.2, 0) is 6.54 Å². The van der Waals surface area contributed by atoms with Crippen molar-refractivity contribution in [3.05, 3.63) is 64.1 Å². The second-order valence-corrected chi connectivity index (χ2v) is 7.92. The quantitative estimate of drug-likeness (QED) is 0.693. The molecular formula is C20H23Cl2N3S. The molecule has 1 aliphatic heterocycles.